The van der Waals surface area contributed by atoms with E-state index in [9.17, 15) is 4.79 Å². The third-order valence-corrected chi connectivity index (χ3v) is 8.12. The summed E-state index contributed by atoms with van der Waals surface area (Å²) >= 11 is 6.46. The second-order valence-electron chi connectivity index (χ2n) is 11.9. The molecule has 0 saturated carbocycles. The molecule has 0 radical (unpaired) electrons. The third-order valence-electron chi connectivity index (χ3n) is 7.93. The van der Waals surface area contributed by atoms with Gasteiger partial charge >= 0.3 is 13.1 Å². The lowest BCUT2D eigenvalue weighted by Gasteiger charge is -2.58. The molecule has 5 rings (SSSR count). The molecule has 5 heterocycles. The van der Waals surface area contributed by atoms with Crippen molar-refractivity contribution < 1.29 is 23.6 Å². The summed E-state index contributed by atoms with van der Waals surface area (Å²) in [6, 6.07) is 4.18. The lowest BCUT2D eigenvalue weighted by atomic mass is 9.77. The van der Waals surface area contributed by atoms with Crippen LogP contribution in [0.2, 0.25) is 5.15 Å². The number of carbonyl (C=O) groups is 1. The number of hydrogen-bond donors (Lipinski definition) is 0. The van der Waals surface area contributed by atoms with Crippen LogP contribution in [0.1, 0.15) is 79.4 Å². The molecule has 4 fully saturated rings. The van der Waals surface area contributed by atoms with Crippen molar-refractivity contribution in [2.75, 3.05) is 6.61 Å². The largest absolute Gasteiger partial charge is 0.514 e. The molecule has 0 spiro atoms. The van der Waals surface area contributed by atoms with Gasteiger partial charge in [0, 0.05) is 12.1 Å². The number of carbonyl (C=O) groups excluding carboxylic acids is 1. The molecule has 1 aromatic heterocycles. The first-order valence-corrected chi connectivity index (χ1v) is 12.3. The second-order valence-corrected chi connectivity index (χ2v) is 12.3. The summed E-state index contributed by atoms with van der Waals surface area (Å²) in [5.74, 6) is -0.111. The zero-order valence-electron chi connectivity index (χ0n) is 20.6. The highest BCUT2D eigenvalue weighted by Crippen LogP contribution is 2.55. The first-order valence-electron chi connectivity index (χ1n) is 11.9. The smallest absolute Gasteiger partial charge is 0.459 e. The van der Waals surface area contributed by atoms with Gasteiger partial charge in [-0.2, -0.15) is 0 Å². The molecule has 4 aliphatic rings. The molecule has 4 saturated heterocycles. The van der Waals surface area contributed by atoms with Gasteiger partial charge in [-0.3, -0.25) is 9.69 Å². The van der Waals surface area contributed by atoms with E-state index in [-0.39, 0.29) is 24.2 Å². The van der Waals surface area contributed by atoms with Crippen molar-refractivity contribution in [1.82, 2.24) is 9.88 Å². The topological polar surface area (TPSA) is 70.1 Å². The van der Waals surface area contributed by atoms with Crippen LogP contribution in [0.3, 0.4) is 0 Å². The van der Waals surface area contributed by atoms with Gasteiger partial charge in [0.05, 0.1) is 29.5 Å². The number of pyridine rings is 1. The van der Waals surface area contributed by atoms with Crippen LogP contribution in [-0.2, 0) is 23.6 Å². The number of morpholine rings is 1. The monoisotopic (exact) mass is 476 g/mol. The van der Waals surface area contributed by atoms with Crippen LogP contribution < -0.4 is 5.59 Å². The molecule has 0 amide bonds. The number of aromatic nitrogens is 1. The summed E-state index contributed by atoms with van der Waals surface area (Å²) < 4.78 is 24.6. The van der Waals surface area contributed by atoms with Gasteiger partial charge in [0.25, 0.3) is 0 Å². The summed E-state index contributed by atoms with van der Waals surface area (Å²) in [6.07, 6.45) is 2.24. The number of rotatable bonds is 3. The van der Waals surface area contributed by atoms with Gasteiger partial charge in [0.1, 0.15) is 16.3 Å². The molecule has 7 nitrogen and oxygen atoms in total. The molecule has 1 aromatic rings. The van der Waals surface area contributed by atoms with Crippen LogP contribution in [0.4, 0.5) is 0 Å². The zero-order valence-corrected chi connectivity index (χ0v) is 21.4. The fraction of sp³-hybridized carbons (Fsp3) is 0.750. The molecule has 0 bridgehead atoms. The normalized spacial score (nSPS) is 34.7. The Morgan fingerprint density at radius 2 is 1.88 bits per heavy atom. The Morgan fingerprint density at radius 3 is 2.52 bits per heavy atom. The lowest BCUT2D eigenvalue weighted by molar-refractivity contribution is -0.211. The molecule has 1 unspecified atom stereocenters. The highest BCUT2D eigenvalue weighted by atomic mass is 35.5. The summed E-state index contributed by atoms with van der Waals surface area (Å²) in [5.41, 5.74) is -0.386. The van der Waals surface area contributed by atoms with Gasteiger partial charge in [0.2, 0.25) is 0 Å². The van der Waals surface area contributed by atoms with Gasteiger partial charge in [0.15, 0.2) is 0 Å². The van der Waals surface area contributed by atoms with Gasteiger partial charge in [-0.15, -0.1) is 0 Å². The fourth-order valence-electron chi connectivity index (χ4n) is 5.71. The number of esters is 1. The highest BCUT2D eigenvalue weighted by molar-refractivity contribution is 6.61. The molecule has 9 heteroatoms. The Hall–Kier alpha value is -1.19. The molecule has 0 aromatic carbocycles. The maximum Gasteiger partial charge on any atom is 0.514 e. The van der Waals surface area contributed by atoms with Crippen LogP contribution in [0.25, 0.3) is 0 Å². The maximum atomic E-state index is 13.2. The van der Waals surface area contributed by atoms with E-state index in [1.165, 1.54) is 0 Å². The highest BCUT2D eigenvalue weighted by Gasteiger charge is 2.67. The summed E-state index contributed by atoms with van der Waals surface area (Å²) in [5, 5.41) is 0.378. The van der Waals surface area contributed by atoms with Gasteiger partial charge < -0.3 is 18.8 Å². The quantitative estimate of drug-likeness (QED) is 0.376. The molecular formula is C24H34BClN2O5. The van der Waals surface area contributed by atoms with Gasteiger partial charge in [-0.25, -0.2) is 4.98 Å². The molecule has 4 atom stereocenters. The summed E-state index contributed by atoms with van der Waals surface area (Å²) in [7, 11) is -0.600. The van der Waals surface area contributed by atoms with Crippen molar-refractivity contribution in [1.29, 1.82) is 0 Å². The van der Waals surface area contributed by atoms with E-state index in [1.54, 1.807) is 0 Å². The SMILES string of the molecule is CC(C)(C)OC(=O)C12CC[C@@H]3[C@@H](c4cc(Cl)nc(B5OC(C)(C)C(C)(C)O5)c4)OC[C@H](C1)N32. The summed E-state index contributed by atoms with van der Waals surface area (Å²) in [6.45, 7) is 14.4. The first kappa shape index (κ1) is 23.6. The van der Waals surface area contributed by atoms with Crippen LogP contribution in [0.5, 0.6) is 0 Å². The van der Waals surface area contributed by atoms with Crippen LogP contribution >= 0.6 is 11.6 Å². The number of nitrogens with zero attached hydrogens (tertiary/aromatic N) is 2. The van der Waals surface area contributed by atoms with Crippen molar-refractivity contribution in [3.63, 3.8) is 0 Å². The minimum atomic E-state index is -0.600. The van der Waals surface area contributed by atoms with Gasteiger partial charge in [-0.1, -0.05) is 11.6 Å². The average Bonchev–Trinajstić information content (AvgIpc) is 3.11. The van der Waals surface area contributed by atoms with Crippen LogP contribution in [-0.4, -0.2) is 64.0 Å². The summed E-state index contributed by atoms with van der Waals surface area (Å²) in [4.78, 5) is 20.0. The fourth-order valence-corrected chi connectivity index (χ4v) is 5.93. The van der Waals surface area contributed by atoms with Crippen molar-refractivity contribution in [3.8, 4) is 0 Å². The minimum absolute atomic E-state index is 0.0923. The van der Waals surface area contributed by atoms with E-state index >= 15 is 0 Å². The average molecular weight is 477 g/mol. The van der Waals surface area contributed by atoms with E-state index in [1.807, 2.05) is 60.6 Å². The van der Waals surface area contributed by atoms with E-state index in [0.717, 1.165) is 24.8 Å². The number of ether oxygens (including phenoxy) is 2. The molecule has 33 heavy (non-hydrogen) atoms. The Labute approximate surface area is 201 Å². The minimum Gasteiger partial charge on any atom is -0.459 e. The maximum absolute atomic E-state index is 13.2. The van der Waals surface area contributed by atoms with Crippen molar-refractivity contribution >= 4 is 30.3 Å². The van der Waals surface area contributed by atoms with E-state index in [2.05, 4.69) is 9.88 Å². The van der Waals surface area contributed by atoms with E-state index in [0.29, 0.717) is 17.4 Å². The first-order chi connectivity index (χ1) is 15.2. The van der Waals surface area contributed by atoms with Crippen LogP contribution in [0, 0.1) is 0 Å². The third kappa shape index (κ3) is 3.73. The van der Waals surface area contributed by atoms with E-state index < -0.39 is 29.5 Å². The standard InChI is InChI=1S/C24H34BClN2O5/c1-21(2,3)31-20(29)24-9-8-16-19(30-13-15(12-24)28(16)24)14-10-17(27-18(26)11-14)25-32-22(4,5)23(6,7)33-25/h10-11,15-16,19H,8-9,12-13H2,1-7H3/t15-,16+,19+,24?/m0/s1. The zero-order chi connectivity index (χ0) is 24.0. The predicted octanol–water partition coefficient (Wildman–Crippen LogP) is 3.42. The number of halogens is 1. The Kier molecular flexibility index (Phi) is 5.29. The van der Waals surface area contributed by atoms with Crippen molar-refractivity contribution in [2.24, 2.45) is 0 Å². The molecule has 0 N–H and O–H groups in total. The van der Waals surface area contributed by atoms with E-state index in [4.69, 9.17) is 30.4 Å². The molecule has 4 aliphatic heterocycles. The Balaban J connectivity index is 1.41. The van der Waals surface area contributed by atoms with Crippen molar-refractivity contribution in [3.05, 3.63) is 22.8 Å². The molecule has 0 aliphatic carbocycles. The Morgan fingerprint density at radius 1 is 1.21 bits per heavy atom. The molecule has 180 valence electrons. The lowest BCUT2D eigenvalue weighted by Crippen LogP contribution is -2.73. The van der Waals surface area contributed by atoms with Crippen molar-refractivity contribution in [2.45, 2.75) is 108 Å². The predicted molar refractivity (Wildman–Crippen MR) is 125 cm³/mol. The van der Waals surface area contributed by atoms with Gasteiger partial charge in [-0.05, 0) is 85.4 Å². The van der Waals surface area contributed by atoms with Crippen LogP contribution in [0.15, 0.2) is 12.1 Å². The second kappa shape index (κ2) is 7.41. The Bertz CT molecular complexity index is 964. The number of hydrogen-bond acceptors (Lipinski definition) is 7. The molecular weight excluding hydrogens is 443 g/mol.